The van der Waals surface area contributed by atoms with Crippen LogP contribution in [-0.2, 0) is 11.2 Å². The third-order valence-corrected chi connectivity index (χ3v) is 4.68. The maximum Gasteiger partial charge on any atom is 0.334 e. The molecule has 0 fully saturated rings. The van der Waals surface area contributed by atoms with E-state index in [2.05, 4.69) is 15.5 Å². The van der Waals surface area contributed by atoms with Crippen molar-refractivity contribution in [1.82, 2.24) is 15.5 Å². The molecule has 0 aliphatic heterocycles. The van der Waals surface area contributed by atoms with E-state index >= 15 is 0 Å². The van der Waals surface area contributed by atoms with Crippen molar-refractivity contribution in [3.05, 3.63) is 76.7 Å². The molecule has 4 N–H and O–H groups in total. The summed E-state index contributed by atoms with van der Waals surface area (Å²) in [5, 5.41) is 28.7. The van der Waals surface area contributed by atoms with Crippen molar-refractivity contribution >= 4 is 23.5 Å². The van der Waals surface area contributed by atoms with Crippen molar-refractivity contribution in [2.75, 3.05) is 0 Å². The molecular formula is C20H17ClFN3O4. The van der Waals surface area contributed by atoms with E-state index in [1.54, 1.807) is 24.3 Å². The molecule has 0 bridgehead atoms. The van der Waals surface area contributed by atoms with Crippen LogP contribution in [0.15, 0.2) is 54.6 Å². The number of benzene rings is 2. The fourth-order valence-electron chi connectivity index (χ4n) is 2.77. The van der Waals surface area contributed by atoms with E-state index in [0.717, 1.165) is 0 Å². The van der Waals surface area contributed by atoms with Crippen molar-refractivity contribution in [2.45, 2.75) is 18.6 Å². The predicted molar refractivity (Wildman–Crippen MR) is 104 cm³/mol. The molecule has 0 unspecified atom stereocenters. The van der Waals surface area contributed by atoms with Gasteiger partial charge in [-0.25, -0.2) is 9.18 Å². The molecule has 0 saturated heterocycles. The fourth-order valence-corrected chi connectivity index (χ4v) is 2.98. The van der Waals surface area contributed by atoms with Gasteiger partial charge < -0.3 is 15.5 Å². The Labute approximate surface area is 170 Å². The zero-order chi connectivity index (χ0) is 21.0. The molecule has 0 aliphatic carbocycles. The Balaban J connectivity index is 1.78. The first kappa shape index (κ1) is 20.5. The number of nitrogens with zero attached hydrogens (tertiary/aromatic N) is 1. The Bertz CT molecular complexity index is 1020. The van der Waals surface area contributed by atoms with Crippen molar-refractivity contribution < 1.29 is 24.2 Å². The summed E-state index contributed by atoms with van der Waals surface area (Å²) in [6, 6.07) is 12.6. The van der Waals surface area contributed by atoms with Crippen LogP contribution in [0, 0.1) is 5.82 Å². The van der Waals surface area contributed by atoms with E-state index < -0.39 is 29.8 Å². The Morgan fingerprint density at radius 1 is 1.17 bits per heavy atom. The number of amides is 1. The molecule has 9 heteroatoms. The first-order valence-electron chi connectivity index (χ1n) is 8.61. The Kier molecular flexibility index (Phi) is 6.26. The monoisotopic (exact) mass is 417 g/mol. The Morgan fingerprint density at radius 2 is 1.86 bits per heavy atom. The number of hydrogen-bond donors (Lipinski definition) is 4. The first-order valence-corrected chi connectivity index (χ1v) is 8.99. The number of aromatic nitrogens is 2. The number of rotatable bonds is 7. The summed E-state index contributed by atoms with van der Waals surface area (Å²) in [6.07, 6.45) is -1.83. The minimum absolute atomic E-state index is 0.0117. The number of halogens is 2. The van der Waals surface area contributed by atoms with E-state index in [1.165, 1.54) is 30.3 Å². The third kappa shape index (κ3) is 4.98. The van der Waals surface area contributed by atoms with Crippen molar-refractivity contribution in [2.24, 2.45) is 0 Å². The minimum atomic E-state index is -1.84. The molecule has 150 valence electrons. The van der Waals surface area contributed by atoms with Gasteiger partial charge in [-0.05, 0) is 48.4 Å². The molecule has 7 nitrogen and oxygen atoms in total. The minimum Gasteiger partial charge on any atom is -0.479 e. The zero-order valence-corrected chi connectivity index (χ0v) is 15.7. The number of aromatic amines is 1. The molecule has 3 rings (SSSR count). The number of carbonyl (C=O) groups is 2. The van der Waals surface area contributed by atoms with Gasteiger partial charge in [-0.15, -0.1) is 0 Å². The number of carboxylic acids is 1. The number of carboxylic acid groups (broad SMARTS) is 1. The molecule has 3 aromatic rings. The van der Waals surface area contributed by atoms with Gasteiger partial charge in [-0.3, -0.25) is 9.89 Å². The maximum atomic E-state index is 13.1. The second kappa shape index (κ2) is 8.85. The highest BCUT2D eigenvalue weighted by molar-refractivity contribution is 6.31. The van der Waals surface area contributed by atoms with Crippen LogP contribution < -0.4 is 5.32 Å². The summed E-state index contributed by atoms with van der Waals surface area (Å²) in [5.74, 6) is -2.52. The number of hydrogen-bond acceptors (Lipinski definition) is 4. The fraction of sp³-hybridized carbons (Fsp3) is 0.150. The van der Waals surface area contributed by atoms with Crippen molar-refractivity contribution in [3.8, 4) is 11.3 Å². The summed E-state index contributed by atoms with van der Waals surface area (Å²) in [4.78, 5) is 23.8. The van der Waals surface area contributed by atoms with Gasteiger partial charge in [0, 0.05) is 10.6 Å². The molecule has 1 aromatic heterocycles. The molecule has 0 saturated carbocycles. The lowest BCUT2D eigenvalue weighted by Crippen LogP contribution is -2.48. The highest BCUT2D eigenvalue weighted by Gasteiger charge is 2.29. The number of aliphatic hydroxyl groups excluding tert-OH is 1. The molecule has 2 aromatic carbocycles. The van der Waals surface area contributed by atoms with E-state index in [1.807, 2.05) is 0 Å². The highest BCUT2D eigenvalue weighted by atomic mass is 35.5. The molecular weight excluding hydrogens is 401 g/mol. The van der Waals surface area contributed by atoms with Gasteiger partial charge in [0.25, 0.3) is 5.91 Å². The Morgan fingerprint density at radius 3 is 2.52 bits per heavy atom. The quantitative estimate of drug-likeness (QED) is 0.471. The summed E-state index contributed by atoms with van der Waals surface area (Å²) in [5.41, 5.74) is 1.65. The van der Waals surface area contributed by atoms with Crippen LogP contribution in [0.5, 0.6) is 0 Å². The standard InChI is InChI=1S/C20H17ClFN3O4/c21-14-4-2-1-3-12(14)9-16(18(26)20(28)29)23-19(27)17-10-15(24-25-17)11-5-7-13(22)8-6-11/h1-8,10,16,18,26H,9H2,(H,23,27)(H,24,25)(H,28,29)/t16-,18-/m1/s1. The number of nitrogens with one attached hydrogen (secondary N) is 2. The second-order valence-corrected chi connectivity index (χ2v) is 6.74. The van der Waals surface area contributed by atoms with Crippen LogP contribution in [0.4, 0.5) is 4.39 Å². The molecule has 2 atom stereocenters. The van der Waals surface area contributed by atoms with Crippen molar-refractivity contribution in [3.63, 3.8) is 0 Å². The van der Waals surface area contributed by atoms with Gasteiger partial charge in [0.1, 0.15) is 11.5 Å². The van der Waals surface area contributed by atoms with Crippen LogP contribution in [-0.4, -0.2) is 44.4 Å². The Hall–Kier alpha value is -3.23. The average molecular weight is 418 g/mol. The van der Waals surface area contributed by atoms with Crippen LogP contribution >= 0.6 is 11.6 Å². The summed E-state index contributed by atoms with van der Waals surface area (Å²) in [6.45, 7) is 0. The van der Waals surface area contributed by atoms with E-state index in [0.29, 0.717) is 21.8 Å². The normalized spacial score (nSPS) is 12.9. The van der Waals surface area contributed by atoms with Gasteiger partial charge in [0.15, 0.2) is 6.10 Å². The lowest BCUT2D eigenvalue weighted by molar-refractivity contribution is -0.148. The lowest BCUT2D eigenvalue weighted by Gasteiger charge is -2.21. The number of carbonyl (C=O) groups excluding carboxylic acids is 1. The topological polar surface area (TPSA) is 115 Å². The van der Waals surface area contributed by atoms with Gasteiger partial charge in [0.05, 0.1) is 11.7 Å². The number of H-pyrrole nitrogens is 1. The molecule has 1 heterocycles. The second-order valence-electron chi connectivity index (χ2n) is 6.33. The molecule has 0 radical (unpaired) electrons. The van der Waals surface area contributed by atoms with Gasteiger partial charge in [-0.2, -0.15) is 5.10 Å². The summed E-state index contributed by atoms with van der Waals surface area (Å²) in [7, 11) is 0. The SMILES string of the molecule is O=C(N[C@H](Cc1ccccc1Cl)[C@@H](O)C(=O)O)c1cc(-c2ccc(F)cc2)n[nH]1. The van der Waals surface area contributed by atoms with Crippen LogP contribution in [0.25, 0.3) is 11.3 Å². The summed E-state index contributed by atoms with van der Waals surface area (Å²) < 4.78 is 13.1. The highest BCUT2D eigenvalue weighted by Crippen LogP contribution is 2.20. The number of aliphatic carboxylic acids is 1. The largest absolute Gasteiger partial charge is 0.479 e. The predicted octanol–water partition coefficient (Wildman–Crippen LogP) is 2.66. The lowest BCUT2D eigenvalue weighted by atomic mass is 10.0. The molecule has 29 heavy (non-hydrogen) atoms. The molecule has 0 spiro atoms. The molecule has 1 amide bonds. The van der Waals surface area contributed by atoms with Gasteiger partial charge in [-0.1, -0.05) is 29.8 Å². The van der Waals surface area contributed by atoms with Crippen LogP contribution in [0.1, 0.15) is 16.1 Å². The van der Waals surface area contributed by atoms with E-state index in [4.69, 9.17) is 11.6 Å². The average Bonchev–Trinajstić information content (AvgIpc) is 3.19. The van der Waals surface area contributed by atoms with Crippen LogP contribution in [0.3, 0.4) is 0 Å². The number of aliphatic hydroxyl groups is 1. The van der Waals surface area contributed by atoms with Crippen molar-refractivity contribution in [1.29, 1.82) is 0 Å². The first-order chi connectivity index (χ1) is 13.8. The van der Waals surface area contributed by atoms with Gasteiger partial charge >= 0.3 is 5.97 Å². The van der Waals surface area contributed by atoms with E-state index in [-0.39, 0.29) is 12.1 Å². The van der Waals surface area contributed by atoms with E-state index in [9.17, 15) is 24.2 Å². The third-order valence-electron chi connectivity index (χ3n) is 4.31. The smallest absolute Gasteiger partial charge is 0.334 e. The summed E-state index contributed by atoms with van der Waals surface area (Å²) >= 11 is 6.10. The molecule has 0 aliphatic rings. The zero-order valence-electron chi connectivity index (χ0n) is 15.0. The van der Waals surface area contributed by atoms with Gasteiger partial charge in [0.2, 0.25) is 0 Å². The maximum absolute atomic E-state index is 13.1. The van der Waals surface area contributed by atoms with Crippen LogP contribution in [0.2, 0.25) is 5.02 Å².